The molecule has 11 heteroatoms. The SMILES string of the molecule is CCC(C)[C@@H](C(=O)N[C@]1(C(=O)O)CCc2[nH]c3c(C(F)(F)F)cccc3c2C1)N(C)C(=O)Cc1ccccc1F. The van der Waals surface area contributed by atoms with Gasteiger partial charge < -0.3 is 20.3 Å². The average Bonchev–Trinajstić information content (AvgIpc) is 3.26. The summed E-state index contributed by atoms with van der Waals surface area (Å²) in [6.07, 6.45) is -4.59. The van der Waals surface area contributed by atoms with Crippen LogP contribution in [0.1, 0.15) is 49.1 Å². The predicted octanol–water partition coefficient (Wildman–Crippen LogP) is 4.87. The molecular formula is C29H31F4N3O4. The summed E-state index contributed by atoms with van der Waals surface area (Å²) in [6.45, 7) is 3.58. The number of nitrogens with one attached hydrogen (secondary N) is 2. The molecule has 7 nitrogen and oxygen atoms in total. The third-order valence-electron chi connectivity index (χ3n) is 7.95. The molecule has 1 heterocycles. The molecule has 4 rings (SSSR count). The fourth-order valence-electron chi connectivity index (χ4n) is 5.48. The van der Waals surface area contributed by atoms with Gasteiger partial charge in [0.05, 0.1) is 17.5 Å². The molecule has 3 N–H and O–H groups in total. The zero-order valence-electron chi connectivity index (χ0n) is 22.4. The zero-order chi connectivity index (χ0) is 29.4. The smallest absolute Gasteiger partial charge is 0.418 e. The number of H-pyrrole nitrogens is 1. The summed E-state index contributed by atoms with van der Waals surface area (Å²) < 4.78 is 55.0. The topological polar surface area (TPSA) is 102 Å². The lowest BCUT2D eigenvalue weighted by Gasteiger charge is -2.38. The van der Waals surface area contributed by atoms with Crippen molar-refractivity contribution in [1.82, 2.24) is 15.2 Å². The van der Waals surface area contributed by atoms with Crippen molar-refractivity contribution < 1.29 is 37.1 Å². The Kier molecular flexibility index (Phi) is 7.96. The summed E-state index contributed by atoms with van der Waals surface area (Å²) >= 11 is 0. The van der Waals surface area contributed by atoms with E-state index in [-0.39, 0.29) is 48.1 Å². The zero-order valence-corrected chi connectivity index (χ0v) is 22.4. The number of likely N-dealkylation sites (N-methyl/N-ethyl adjacent to an activating group) is 1. The van der Waals surface area contributed by atoms with Crippen LogP contribution in [0.15, 0.2) is 42.5 Å². The van der Waals surface area contributed by atoms with Gasteiger partial charge in [0, 0.05) is 24.5 Å². The van der Waals surface area contributed by atoms with Gasteiger partial charge in [0.2, 0.25) is 11.8 Å². The maximum Gasteiger partial charge on any atom is 0.418 e. The first-order chi connectivity index (χ1) is 18.8. The van der Waals surface area contributed by atoms with Crippen LogP contribution in [-0.4, -0.2) is 51.4 Å². The first kappa shape index (κ1) is 29.1. The number of carbonyl (C=O) groups excluding carboxylic acids is 2. The number of amides is 2. The lowest BCUT2D eigenvalue weighted by Crippen LogP contribution is -2.62. The highest BCUT2D eigenvalue weighted by molar-refractivity contribution is 5.95. The van der Waals surface area contributed by atoms with Crippen molar-refractivity contribution in [3.63, 3.8) is 0 Å². The summed E-state index contributed by atoms with van der Waals surface area (Å²) in [5, 5.41) is 13.2. The lowest BCUT2D eigenvalue weighted by molar-refractivity contribution is -0.150. The van der Waals surface area contributed by atoms with Crippen LogP contribution < -0.4 is 5.32 Å². The molecule has 1 aliphatic rings. The third-order valence-corrected chi connectivity index (χ3v) is 7.95. The molecule has 1 aliphatic carbocycles. The predicted molar refractivity (Wildman–Crippen MR) is 140 cm³/mol. The minimum Gasteiger partial charge on any atom is -0.479 e. The number of aromatic amines is 1. The Morgan fingerprint density at radius 2 is 1.85 bits per heavy atom. The average molecular weight is 562 g/mol. The van der Waals surface area contributed by atoms with E-state index in [0.717, 1.165) is 6.07 Å². The standard InChI is InChI=1S/C29H31F4N3O4/c1-4-16(2)25(36(3)23(37)14-17-8-5-6-11-21(17)30)26(38)35-28(27(39)40)13-12-22-19(15-28)18-9-7-10-20(24(18)34-22)29(31,32)33/h5-11,16,25,34H,4,12-15H2,1-3H3,(H,35,38)(H,39,40)/t16?,25-,28+/m0/s1. The van der Waals surface area contributed by atoms with E-state index in [4.69, 9.17) is 0 Å². The highest BCUT2D eigenvalue weighted by Gasteiger charge is 2.47. The summed E-state index contributed by atoms with van der Waals surface area (Å²) in [5.41, 5.74) is -1.71. The van der Waals surface area contributed by atoms with Crippen molar-refractivity contribution in [1.29, 1.82) is 0 Å². The van der Waals surface area contributed by atoms with Gasteiger partial charge in [-0.25, -0.2) is 9.18 Å². The molecule has 3 atom stereocenters. The van der Waals surface area contributed by atoms with Crippen molar-refractivity contribution in [2.45, 2.75) is 63.7 Å². The summed E-state index contributed by atoms with van der Waals surface area (Å²) in [4.78, 5) is 43.4. The number of halogens is 4. The number of carboxylic acid groups (broad SMARTS) is 1. The highest BCUT2D eigenvalue weighted by Crippen LogP contribution is 2.40. The quantitative estimate of drug-likeness (QED) is 0.342. The number of carboxylic acids is 1. The number of hydrogen-bond acceptors (Lipinski definition) is 3. The molecule has 0 saturated heterocycles. The second-order valence-electron chi connectivity index (χ2n) is 10.5. The molecule has 0 fully saturated rings. The van der Waals surface area contributed by atoms with Crippen LogP contribution in [0.2, 0.25) is 0 Å². The normalized spacial score (nSPS) is 18.6. The largest absolute Gasteiger partial charge is 0.479 e. The van der Waals surface area contributed by atoms with Gasteiger partial charge in [-0.1, -0.05) is 50.6 Å². The van der Waals surface area contributed by atoms with Crippen LogP contribution in [0.25, 0.3) is 10.9 Å². The van der Waals surface area contributed by atoms with Crippen LogP contribution in [0.5, 0.6) is 0 Å². The summed E-state index contributed by atoms with van der Waals surface area (Å²) in [6, 6.07) is 8.48. The maximum absolute atomic E-state index is 14.2. The molecule has 0 radical (unpaired) electrons. The second-order valence-corrected chi connectivity index (χ2v) is 10.5. The minimum atomic E-state index is -4.60. The van der Waals surface area contributed by atoms with Crippen molar-refractivity contribution in [3.8, 4) is 0 Å². The van der Waals surface area contributed by atoms with Gasteiger partial charge in [-0.2, -0.15) is 13.2 Å². The number of carbonyl (C=O) groups is 3. The molecule has 3 aromatic rings. The molecule has 40 heavy (non-hydrogen) atoms. The molecule has 0 bridgehead atoms. The Balaban J connectivity index is 1.64. The van der Waals surface area contributed by atoms with Gasteiger partial charge >= 0.3 is 12.1 Å². The van der Waals surface area contributed by atoms with Gasteiger partial charge in [-0.05, 0) is 42.0 Å². The van der Waals surface area contributed by atoms with Crippen LogP contribution in [0.3, 0.4) is 0 Å². The van der Waals surface area contributed by atoms with Gasteiger partial charge in [0.25, 0.3) is 0 Å². The number of alkyl halides is 3. The van der Waals surface area contributed by atoms with E-state index in [0.29, 0.717) is 17.7 Å². The molecule has 0 aliphatic heterocycles. The number of para-hydroxylation sites is 1. The molecule has 214 valence electrons. The molecule has 2 amide bonds. The van der Waals surface area contributed by atoms with Gasteiger partial charge in [0.1, 0.15) is 17.4 Å². The molecule has 1 aromatic heterocycles. The first-order valence-electron chi connectivity index (χ1n) is 13.0. The molecule has 0 spiro atoms. The fraction of sp³-hybridized carbons (Fsp3) is 0.414. The monoisotopic (exact) mass is 561 g/mol. The molecule has 1 unspecified atom stereocenters. The van der Waals surface area contributed by atoms with Crippen molar-refractivity contribution in [2.75, 3.05) is 7.05 Å². The van der Waals surface area contributed by atoms with Crippen molar-refractivity contribution in [2.24, 2.45) is 5.92 Å². The number of benzene rings is 2. The second kappa shape index (κ2) is 10.9. The number of aromatic nitrogens is 1. The number of hydrogen-bond donors (Lipinski definition) is 3. The maximum atomic E-state index is 14.2. The Morgan fingerprint density at radius 3 is 2.48 bits per heavy atom. The van der Waals surface area contributed by atoms with Gasteiger partial charge in [-0.3, -0.25) is 9.59 Å². The van der Waals surface area contributed by atoms with Crippen LogP contribution >= 0.6 is 0 Å². The Bertz CT molecular complexity index is 1450. The van der Waals surface area contributed by atoms with Crippen molar-refractivity contribution >= 4 is 28.7 Å². The Hall–Kier alpha value is -3.89. The molecular weight excluding hydrogens is 530 g/mol. The van der Waals surface area contributed by atoms with E-state index >= 15 is 0 Å². The van der Waals surface area contributed by atoms with Gasteiger partial charge in [0.15, 0.2) is 0 Å². The summed E-state index contributed by atoms with van der Waals surface area (Å²) in [7, 11) is 1.42. The van der Waals surface area contributed by atoms with E-state index in [2.05, 4.69) is 10.3 Å². The number of nitrogens with zero attached hydrogens (tertiary/aromatic N) is 1. The lowest BCUT2D eigenvalue weighted by atomic mass is 9.79. The van der Waals surface area contributed by atoms with Crippen LogP contribution in [-0.2, 0) is 39.8 Å². The van der Waals surface area contributed by atoms with E-state index in [9.17, 15) is 37.1 Å². The van der Waals surface area contributed by atoms with E-state index in [1.807, 2.05) is 6.92 Å². The number of rotatable bonds is 8. The minimum absolute atomic E-state index is 0.0602. The highest BCUT2D eigenvalue weighted by atomic mass is 19.4. The van der Waals surface area contributed by atoms with Crippen LogP contribution in [0.4, 0.5) is 17.6 Å². The number of aliphatic carboxylic acids is 1. The Labute approximate surface area is 228 Å². The number of aryl methyl sites for hydroxylation is 1. The molecule has 2 aromatic carbocycles. The van der Waals surface area contributed by atoms with E-state index in [1.165, 1.54) is 42.3 Å². The van der Waals surface area contributed by atoms with Gasteiger partial charge in [-0.15, -0.1) is 0 Å². The fourth-order valence-corrected chi connectivity index (χ4v) is 5.48. The van der Waals surface area contributed by atoms with E-state index < -0.39 is 46.9 Å². The third kappa shape index (κ3) is 5.41. The molecule has 0 saturated carbocycles. The number of fused-ring (bicyclic) bond motifs is 3. The Morgan fingerprint density at radius 1 is 1.15 bits per heavy atom. The van der Waals surface area contributed by atoms with E-state index in [1.54, 1.807) is 13.0 Å². The first-order valence-corrected chi connectivity index (χ1v) is 13.0. The summed E-state index contributed by atoms with van der Waals surface area (Å²) in [5.74, 6) is -3.46. The van der Waals surface area contributed by atoms with Crippen LogP contribution in [0, 0.1) is 11.7 Å². The van der Waals surface area contributed by atoms with Crippen molar-refractivity contribution in [3.05, 3.63) is 70.7 Å².